The molecule has 1 amide bonds. The van der Waals surface area contributed by atoms with E-state index >= 15 is 0 Å². The number of carbonyl (C=O) groups excluding carboxylic acids is 1. The minimum absolute atomic E-state index is 0.0434. The highest BCUT2D eigenvalue weighted by Crippen LogP contribution is 2.48. The molecule has 4 atom stereocenters. The first-order valence-corrected chi connectivity index (χ1v) is 8.26. The van der Waals surface area contributed by atoms with Crippen molar-refractivity contribution >= 4 is 5.91 Å². The van der Waals surface area contributed by atoms with Crippen LogP contribution < -0.4 is 5.32 Å². The maximum Gasteiger partial charge on any atom is 0.251 e. The molecule has 2 aromatic rings. The lowest BCUT2D eigenvalue weighted by Gasteiger charge is -2.30. The first-order chi connectivity index (χ1) is 11.3. The lowest BCUT2D eigenvalue weighted by molar-refractivity contribution is 0.0861. The highest BCUT2D eigenvalue weighted by molar-refractivity contribution is 5.94. The number of aliphatic hydroxyl groups excluding tert-OH is 1. The van der Waals surface area contributed by atoms with E-state index in [1.807, 2.05) is 35.0 Å². The number of aromatic nitrogens is 2. The summed E-state index contributed by atoms with van der Waals surface area (Å²) in [6.45, 7) is 0.172. The van der Waals surface area contributed by atoms with Crippen molar-refractivity contribution in [3.05, 3.63) is 48.5 Å². The van der Waals surface area contributed by atoms with Gasteiger partial charge < -0.3 is 15.0 Å². The van der Waals surface area contributed by atoms with Gasteiger partial charge in [0.2, 0.25) is 0 Å². The second kappa shape index (κ2) is 5.81. The van der Waals surface area contributed by atoms with Gasteiger partial charge in [-0.15, -0.1) is 0 Å². The molecule has 0 aliphatic heterocycles. The van der Waals surface area contributed by atoms with Crippen LogP contribution in [0.4, 0.5) is 0 Å². The highest BCUT2D eigenvalue weighted by Gasteiger charge is 2.47. The fraction of sp³-hybridized carbons (Fsp3) is 0.444. The Bertz CT molecular complexity index is 681. The fourth-order valence-corrected chi connectivity index (χ4v) is 4.33. The Labute approximate surface area is 135 Å². The van der Waals surface area contributed by atoms with Crippen LogP contribution in [0.25, 0.3) is 5.69 Å². The molecule has 4 unspecified atom stereocenters. The molecular formula is C18H21N3O2. The van der Waals surface area contributed by atoms with Crippen LogP contribution in [-0.2, 0) is 0 Å². The zero-order chi connectivity index (χ0) is 15.8. The van der Waals surface area contributed by atoms with E-state index in [2.05, 4.69) is 10.3 Å². The summed E-state index contributed by atoms with van der Waals surface area (Å²) < 4.78 is 1.90. The zero-order valence-electron chi connectivity index (χ0n) is 12.9. The van der Waals surface area contributed by atoms with Gasteiger partial charge >= 0.3 is 0 Å². The summed E-state index contributed by atoms with van der Waals surface area (Å²) in [6.07, 6.45) is 8.85. The molecule has 5 heteroatoms. The molecule has 2 fully saturated rings. The van der Waals surface area contributed by atoms with Gasteiger partial charge in [0.05, 0.1) is 6.33 Å². The second-order valence-electron chi connectivity index (χ2n) is 6.70. The van der Waals surface area contributed by atoms with Gasteiger partial charge in [-0.2, -0.15) is 0 Å². The average Bonchev–Trinajstić information content (AvgIpc) is 3.32. The molecule has 23 heavy (non-hydrogen) atoms. The number of fused-ring (bicyclic) bond motifs is 2. The first-order valence-electron chi connectivity index (χ1n) is 8.26. The summed E-state index contributed by atoms with van der Waals surface area (Å²) in [5, 5.41) is 12.8. The Hall–Kier alpha value is -2.14. The minimum Gasteiger partial charge on any atom is -0.396 e. The van der Waals surface area contributed by atoms with E-state index in [0.717, 1.165) is 12.1 Å². The molecule has 1 aromatic heterocycles. The summed E-state index contributed by atoms with van der Waals surface area (Å²) in [5.74, 6) is 1.30. The van der Waals surface area contributed by atoms with Crippen LogP contribution in [0.1, 0.15) is 29.6 Å². The van der Waals surface area contributed by atoms with E-state index in [0.29, 0.717) is 17.4 Å². The smallest absolute Gasteiger partial charge is 0.251 e. The summed E-state index contributed by atoms with van der Waals surface area (Å²) >= 11 is 0. The normalized spacial score (nSPS) is 28.9. The van der Waals surface area contributed by atoms with Crippen LogP contribution in [0.3, 0.4) is 0 Å². The SMILES string of the molecule is O=C(NC1C2CCC(C2)C1CO)c1ccc(-n2ccnc2)cc1. The number of aliphatic hydroxyl groups is 1. The summed E-state index contributed by atoms with van der Waals surface area (Å²) in [6, 6.07) is 7.64. The fourth-order valence-electron chi connectivity index (χ4n) is 4.33. The third kappa shape index (κ3) is 2.55. The Balaban J connectivity index is 1.47. The van der Waals surface area contributed by atoms with Crippen molar-refractivity contribution in [3.63, 3.8) is 0 Å². The molecule has 2 N–H and O–H groups in total. The van der Waals surface area contributed by atoms with Gasteiger partial charge in [0, 0.05) is 42.2 Å². The molecule has 1 aromatic carbocycles. The quantitative estimate of drug-likeness (QED) is 0.907. The molecule has 2 aliphatic rings. The number of amides is 1. The number of imidazole rings is 1. The van der Waals surface area contributed by atoms with Gasteiger partial charge in [-0.05, 0) is 55.4 Å². The average molecular weight is 311 g/mol. The number of benzene rings is 1. The standard InChI is InChI=1S/C18H21N3O2/c22-10-16-13-1-2-14(9-13)17(16)20-18(23)12-3-5-15(6-4-12)21-8-7-19-11-21/h3-8,11,13-14,16-17,22H,1-2,9-10H2,(H,20,23). The number of nitrogens with zero attached hydrogens (tertiary/aromatic N) is 2. The zero-order valence-corrected chi connectivity index (χ0v) is 12.9. The number of hydrogen-bond donors (Lipinski definition) is 2. The molecule has 5 nitrogen and oxygen atoms in total. The number of nitrogens with one attached hydrogen (secondary N) is 1. The molecule has 1 heterocycles. The van der Waals surface area contributed by atoms with Crippen molar-refractivity contribution in [1.29, 1.82) is 0 Å². The Kier molecular flexibility index (Phi) is 3.65. The van der Waals surface area contributed by atoms with Crippen LogP contribution in [0, 0.1) is 17.8 Å². The summed E-state index contributed by atoms with van der Waals surface area (Å²) in [7, 11) is 0. The molecule has 2 bridgehead atoms. The van der Waals surface area contributed by atoms with Gasteiger partial charge in [0.15, 0.2) is 0 Å². The van der Waals surface area contributed by atoms with Crippen molar-refractivity contribution in [3.8, 4) is 5.69 Å². The largest absolute Gasteiger partial charge is 0.396 e. The third-order valence-electron chi connectivity index (χ3n) is 5.53. The van der Waals surface area contributed by atoms with Gasteiger partial charge in [0.1, 0.15) is 0 Å². The molecular weight excluding hydrogens is 290 g/mol. The van der Waals surface area contributed by atoms with Crippen molar-refractivity contribution in [2.45, 2.75) is 25.3 Å². The number of hydrogen-bond acceptors (Lipinski definition) is 3. The second-order valence-corrected chi connectivity index (χ2v) is 6.70. The van der Waals surface area contributed by atoms with Gasteiger partial charge in [-0.25, -0.2) is 4.98 Å². The summed E-state index contributed by atoms with van der Waals surface area (Å²) in [4.78, 5) is 16.5. The lowest BCUT2D eigenvalue weighted by atomic mass is 9.85. The molecule has 120 valence electrons. The first kappa shape index (κ1) is 14.5. The van der Waals surface area contributed by atoms with Gasteiger partial charge in [0.25, 0.3) is 5.91 Å². The third-order valence-corrected chi connectivity index (χ3v) is 5.53. The van der Waals surface area contributed by atoms with E-state index < -0.39 is 0 Å². The number of rotatable bonds is 4. The molecule has 4 rings (SSSR count). The Morgan fingerprint density at radius 2 is 2.04 bits per heavy atom. The molecule has 0 spiro atoms. The topological polar surface area (TPSA) is 67.2 Å². The molecule has 2 aliphatic carbocycles. The predicted molar refractivity (Wildman–Crippen MR) is 86.2 cm³/mol. The van der Waals surface area contributed by atoms with Crippen molar-refractivity contribution in [2.24, 2.45) is 17.8 Å². The highest BCUT2D eigenvalue weighted by atomic mass is 16.3. The molecule has 2 saturated carbocycles. The van der Waals surface area contributed by atoms with E-state index in [1.165, 1.54) is 12.8 Å². The van der Waals surface area contributed by atoms with Gasteiger partial charge in [-0.1, -0.05) is 0 Å². The summed E-state index contributed by atoms with van der Waals surface area (Å²) in [5.41, 5.74) is 1.64. The maximum atomic E-state index is 12.5. The van der Waals surface area contributed by atoms with E-state index in [4.69, 9.17) is 0 Å². The van der Waals surface area contributed by atoms with Gasteiger partial charge in [-0.3, -0.25) is 4.79 Å². The van der Waals surface area contributed by atoms with E-state index in [-0.39, 0.29) is 24.5 Å². The van der Waals surface area contributed by atoms with Crippen molar-refractivity contribution in [1.82, 2.24) is 14.9 Å². The van der Waals surface area contributed by atoms with Crippen LogP contribution in [0.5, 0.6) is 0 Å². The van der Waals surface area contributed by atoms with Crippen LogP contribution in [0.15, 0.2) is 43.0 Å². The Morgan fingerprint density at radius 1 is 1.26 bits per heavy atom. The van der Waals surface area contributed by atoms with Crippen LogP contribution in [-0.4, -0.2) is 33.2 Å². The predicted octanol–water partition coefficient (Wildman–Crippen LogP) is 2.01. The Morgan fingerprint density at radius 3 is 2.74 bits per heavy atom. The minimum atomic E-state index is -0.0434. The monoisotopic (exact) mass is 311 g/mol. The number of carbonyl (C=O) groups is 1. The van der Waals surface area contributed by atoms with Crippen molar-refractivity contribution in [2.75, 3.05) is 6.61 Å². The van der Waals surface area contributed by atoms with Crippen molar-refractivity contribution < 1.29 is 9.90 Å². The molecule has 0 saturated heterocycles. The van der Waals surface area contributed by atoms with E-state index in [1.54, 1.807) is 12.5 Å². The van der Waals surface area contributed by atoms with E-state index in [9.17, 15) is 9.90 Å². The molecule has 0 radical (unpaired) electrons. The van der Waals surface area contributed by atoms with Crippen LogP contribution >= 0.6 is 0 Å². The maximum absolute atomic E-state index is 12.5. The lowest BCUT2D eigenvalue weighted by Crippen LogP contribution is -2.45. The van der Waals surface area contributed by atoms with Crippen LogP contribution in [0.2, 0.25) is 0 Å².